The minimum Gasteiger partial charge on any atom is -0.466 e. The van der Waals surface area contributed by atoms with Gasteiger partial charge in [-0.15, -0.1) is 0 Å². The molecule has 0 aromatic heterocycles. The van der Waals surface area contributed by atoms with Crippen LogP contribution in [0.5, 0.6) is 0 Å². The molecule has 3 nitrogen and oxygen atoms in total. The van der Waals surface area contributed by atoms with Crippen molar-refractivity contribution in [2.45, 2.75) is 25.7 Å². The summed E-state index contributed by atoms with van der Waals surface area (Å²) in [6, 6.07) is 0.300. The molecule has 0 saturated heterocycles. The van der Waals surface area contributed by atoms with Crippen LogP contribution >= 0.6 is 0 Å². The van der Waals surface area contributed by atoms with Gasteiger partial charge in [-0.3, -0.25) is 4.79 Å². The van der Waals surface area contributed by atoms with Crippen molar-refractivity contribution in [1.29, 1.82) is 0 Å². The summed E-state index contributed by atoms with van der Waals surface area (Å²) in [6.07, 6.45) is -10.9. The van der Waals surface area contributed by atoms with Gasteiger partial charge in [0.2, 0.25) is 0 Å². The molecule has 0 spiro atoms. The Morgan fingerprint density at radius 3 is 2.14 bits per heavy atom. The van der Waals surface area contributed by atoms with E-state index in [1.54, 1.807) is 0 Å². The number of carbonyl (C=O) groups excluding carboxylic acids is 1. The molecule has 0 saturated carbocycles. The predicted molar refractivity (Wildman–Crippen MR) is 61.2 cm³/mol. The zero-order valence-corrected chi connectivity index (χ0v) is 10.7. The Morgan fingerprint density at radius 1 is 1.14 bits per heavy atom. The van der Waals surface area contributed by atoms with Gasteiger partial charge in [0.05, 0.1) is 24.2 Å². The van der Waals surface area contributed by atoms with Crippen LogP contribution in [0.2, 0.25) is 0 Å². The second-order valence-corrected chi connectivity index (χ2v) is 4.07. The van der Waals surface area contributed by atoms with Crippen molar-refractivity contribution in [2.24, 2.45) is 0 Å². The molecule has 0 bridgehead atoms. The third kappa shape index (κ3) is 4.27. The zero-order chi connectivity index (χ0) is 16.4. The molecule has 1 aromatic carbocycles. The van der Waals surface area contributed by atoms with E-state index >= 15 is 0 Å². The van der Waals surface area contributed by atoms with Crippen LogP contribution in [0.15, 0.2) is 12.1 Å². The number of nitrogens with two attached hydrogens (primary N) is 1. The lowest BCUT2D eigenvalue weighted by Gasteiger charge is -2.17. The topological polar surface area (TPSA) is 52.3 Å². The highest BCUT2D eigenvalue weighted by Gasteiger charge is 2.39. The molecule has 0 fully saturated rings. The van der Waals surface area contributed by atoms with Crippen molar-refractivity contribution in [3.8, 4) is 0 Å². The second-order valence-electron chi connectivity index (χ2n) is 4.07. The maximum atomic E-state index is 12.9. The molecule has 118 valence electrons. The van der Waals surface area contributed by atoms with Crippen molar-refractivity contribution in [2.75, 3.05) is 12.3 Å². The van der Waals surface area contributed by atoms with E-state index in [1.807, 2.05) is 0 Å². The number of halogens is 6. The summed E-state index contributed by atoms with van der Waals surface area (Å²) in [6.45, 7) is 1.37. The van der Waals surface area contributed by atoms with Gasteiger partial charge in [-0.2, -0.15) is 26.3 Å². The van der Waals surface area contributed by atoms with E-state index in [9.17, 15) is 31.1 Å². The lowest BCUT2D eigenvalue weighted by molar-refractivity contribution is -0.144. The molecule has 0 aliphatic carbocycles. The number of rotatable bonds is 3. The summed E-state index contributed by atoms with van der Waals surface area (Å²) in [5, 5.41) is 0. The van der Waals surface area contributed by atoms with Crippen molar-refractivity contribution < 1.29 is 35.9 Å². The van der Waals surface area contributed by atoms with Crippen molar-refractivity contribution in [3.63, 3.8) is 0 Å². The van der Waals surface area contributed by atoms with Crippen LogP contribution in [0.3, 0.4) is 0 Å². The molecule has 1 aromatic rings. The summed E-state index contributed by atoms with van der Waals surface area (Å²) in [5.74, 6) is -1.01. The first-order chi connectivity index (χ1) is 9.46. The van der Waals surface area contributed by atoms with E-state index in [4.69, 9.17) is 5.73 Å². The molecule has 0 amide bonds. The standard InChI is InChI=1S/C12H11F6NO2/c1-2-21-10(20)5-7-8(12(16,17)18)3-6(4-9(7)19)11(13,14)15/h3-4H,2,5,19H2,1H3. The van der Waals surface area contributed by atoms with Crippen LogP contribution in [0.25, 0.3) is 0 Å². The maximum absolute atomic E-state index is 12.9. The normalized spacial score (nSPS) is 12.3. The number of ether oxygens (including phenoxy) is 1. The lowest BCUT2D eigenvalue weighted by Crippen LogP contribution is -2.18. The van der Waals surface area contributed by atoms with Crippen LogP contribution < -0.4 is 5.73 Å². The number of alkyl halides is 6. The van der Waals surface area contributed by atoms with E-state index in [2.05, 4.69) is 4.74 Å². The number of carbonyl (C=O) groups is 1. The smallest absolute Gasteiger partial charge is 0.416 e. The molecule has 2 N–H and O–H groups in total. The maximum Gasteiger partial charge on any atom is 0.416 e. The molecular formula is C12H11F6NO2. The highest BCUT2D eigenvalue weighted by Crippen LogP contribution is 2.40. The van der Waals surface area contributed by atoms with Crippen LogP contribution in [-0.2, 0) is 28.3 Å². The highest BCUT2D eigenvalue weighted by atomic mass is 19.4. The molecule has 9 heteroatoms. The SMILES string of the molecule is CCOC(=O)Cc1c(N)cc(C(F)(F)F)cc1C(F)(F)F. The van der Waals surface area contributed by atoms with Gasteiger partial charge in [0.15, 0.2) is 0 Å². The first kappa shape index (κ1) is 17.1. The fraction of sp³-hybridized carbons (Fsp3) is 0.417. The Hall–Kier alpha value is -1.93. The summed E-state index contributed by atoms with van der Waals surface area (Å²) < 4.78 is 80.7. The zero-order valence-electron chi connectivity index (χ0n) is 10.7. The molecule has 0 atom stereocenters. The third-order valence-corrected chi connectivity index (χ3v) is 2.54. The van der Waals surface area contributed by atoms with Crippen LogP contribution in [0.1, 0.15) is 23.6 Å². The molecule has 0 aliphatic heterocycles. The summed E-state index contributed by atoms with van der Waals surface area (Å²) in [4.78, 5) is 11.3. The fourth-order valence-electron chi connectivity index (χ4n) is 1.66. The predicted octanol–water partition coefficient (Wildman–Crippen LogP) is 3.41. The summed E-state index contributed by atoms with van der Waals surface area (Å²) in [5.41, 5.74) is 0.643. The van der Waals surface area contributed by atoms with Gasteiger partial charge in [-0.1, -0.05) is 0 Å². The lowest BCUT2D eigenvalue weighted by atomic mass is 9.98. The Kier molecular flexibility index (Phi) is 4.75. The number of anilines is 1. The minimum absolute atomic E-state index is 0.0646. The van der Waals surface area contributed by atoms with Crippen LogP contribution in [-0.4, -0.2) is 12.6 Å². The number of nitrogen functional groups attached to an aromatic ring is 1. The largest absolute Gasteiger partial charge is 0.466 e. The van der Waals surface area contributed by atoms with Gasteiger partial charge >= 0.3 is 18.3 Å². The van der Waals surface area contributed by atoms with E-state index in [1.165, 1.54) is 6.92 Å². The van der Waals surface area contributed by atoms with E-state index in [0.29, 0.717) is 6.07 Å². The Morgan fingerprint density at radius 2 is 1.71 bits per heavy atom. The summed E-state index contributed by atoms with van der Waals surface area (Å²) in [7, 11) is 0. The van der Waals surface area contributed by atoms with Gasteiger partial charge in [0.25, 0.3) is 0 Å². The quantitative estimate of drug-likeness (QED) is 0.528. The van der Waals surface area contributed by atoms with Crippen molar-refractivity contribution in [1.82, 2.24) is 0 Å². The summed E-state index contributed by atoms with van der Waals surface area (Å²) >= 11 is 0. The van der Waals surface area contributed by atoms with Gasteiger partial charge in [0, 0.05) is 5.69 Å². The van der Waals surface area contributed by atoms with Gasteiger partial charge in [-0.05, 0) is 24.6 Å². The Balaban J connectivity index is 3.39. The van der Waals surface area contributed by atoms with E-state index < -0.39 is 47.1 Å². The van der Waals surface area contributed by atoms with E-state index in [0.717, 1.165) is 0 Å². The molecule has 21 heavy (non-hydrogen) atoms. The number of hydrogen-bond donors (Lipinski definition) is 1. The molecule has 0 unspecified atom stereocenters. The number of benzene rings is 1. The number of hydrogen-bond acceptors (Lipinski definition) is 3. The average molecular weight is 315 g/mol. The van der Waals surface area contributed by atoms with Gasteiger partial charge in [-0.25, -0.2) is 0 Å². The highest BCUT2D eigenvalue weighted by molar-refractivity contribution is 5.76. The molecule has 0 radical (unpaired) electrons. The Labute approximate surface area is 115 Å². The Bertz CT molecular complexity index is 536. The minimum atomic E-state index is -5.07. The third-order valence-electron chi connectivity index (χ3n) is 2.54. The molecule has 1 rings (SSSR count). The van der Waals surface area contributed by atoms with Crippen LogP contribution in [0.4, 0.5) is 32.0 Å². The van der Waals surface area contributed by atoms with Crippen LogP contribution in [0, 0.1) is 0 Å². The fourth-order valence-corrected chi connectivity index (χ4v) is 1.66. The molecular weight excluding hydrogens is 304 g/mol. The van der Waals surface area contributed by atoms with Crippen molar-refractivity contribution >= 4 is 11.7 Å². The second kappa shape index (κ2) is 5.82. The average Bonchev–Trinajstić information content (AvgIpc) is 2.28. The van der Waals surface area contributed by atoms with E-state index in [-0.39, 0.29) is 12.7 Å². The number of esters is 1. The monoisotopic (exact) mass is 315 g/mol. The van der Waals surface area contributed by atoms with Gasteiger partial charge in [0.1, 0.15) is 0 Å². The molecule has 0 aliphatic rings. The van der Waals surface area contributed by atoms with Gasteiger partial charge < -0.3 is 10.5 Å². The molecule has 0 heterocycles. The first-order valence-corrected chi connectivity index (χ1v) is 5.69. The first-order valence-electron chi connectivity index (χ1n) is 5.69. The van der Waals surface area contributed by atoms with Crippen molar-refractivity contribution in [3.05, 3.63) is 28.8 Å².